The summed E-state index contributed by atoms with van der Waals surface area (Å²) in [4.78, 5) is 29.2. The summed E-state index contributed by atoms with van der Waals surface area (Å²) in [6.45, 7) is 2.75. The Labute approximate surface area is 165 Å². The predicted octanol–water partition coefficient (Wildman–Crippen LogP) is 3.83. The highest BCUT2D eigenvalue weighted by Gasteiger charge is 2.07. The molecule has 0 amide bonds. The summed E-state index contributed by atoms with van der Waals surface area (Å²) in [6.07, 6.45) is 1.68. The van der Waals surface area contributed by atoms with Crippen molar-refractivity contribution >= 4 is 23.1 Å². The topological polar surface area (TPSA) is 136 Å². The van der Waals surface area contributed by atoms with E-state index in [9.17, 15) is 20.2 Å². The van der Waals surface area contributed by atoms with Gasteiger partial charge < -0.3 is 10.6 Å². The summed E-state index contributed by atoms with van der Waals surface area (Å²) < 4.78 is 0. The van der Waals surface area contributed by atoms with E-state index in [4.69, 9.17) is 0 Å². The summed E-state index contributed by atoms with van der Waals surface area (Å²) in [7, 11) is 0. The van der Waals surface area contributed by atoms with Crippen molar-refractivity contribution in [3.05, 3.63) is 91.6 Å². The Hall–Kier alpha value is -4.08. The highest BCUT2D eigenvalue weighted by atomic mass is 16.6. The Balaban J connectivity index is 1.61. The molecule has 2 aromatic carbocycles. The average Bonchev–Trinajstić information content (AvgIpc) is 2.72. The van der Waals surface area contributed by atoms with E-state index in [-0.39, 0.29) is 11.4 Å². The third-order valence-corrected chi connectivity index (χ3v) is 4.18. The number of benzene rings is 2. The molecule has 0 atom stereocenters. The third kappa shape index (κ3) is 5.22. The summed E-state index contributed by atoms with van der Waals surface area (Å²) in [5.74, 6) is 1.06. The highest BCUT2D eigenvalue weighted by Crippen LogP contribution is 2.17. The molecular formula is C19H18N6O4. The van der Waals surface area contributed by atoms with Crippen LogP contribution in [0.5, 0.6) is 0 Å². The number of hydrogen-bond donors (Lipinski definition) is 2. The molecule has 0 spiro atoms. The minimum absolute atomic E-state index is 0.0399. The van der Waals surface area contributed by atoms with Crippen LogP contribution in [0, 0.1) is 27.2 Å². The lowest BCUT2D eigenvalue weighted by atomic mass is 10.2. The summed E-state index contributed by atoms with van der Waals surface area (Å²) in [5.41, 5.74) is 2.68. The van der Waals surface area contributed by atoms with E-state index < -0.39 is 9.85 Å². The van der Waals surface area contributed by atoms with E-state index in [1.165, 1.54) is 24.3 Å². The largest absolute Gasteiger partial charge is 0.366 e. The molecule has 1 heterocycles. The number of nitro groups is 2. The molecular weight excluding hydrogens is 376 g/mol. The molecule has 3 aromatic rings. The maximum atomic E-state index is 10.7. The molecule has 148 valence electrons. The lowest BCUT2D eigenvalue weighted by Crippen LogP contribution is -2.08. The van der Waals surface area contributed by atoms with Crippen LogP contribution >= 0.6 is 0 Å². The van der Waals surface area contributed by atoms with Crippen LogP contribution in [0.25, 0.3) is 0 Å². The summed E-state index contributed by atoms with van der Waals surface area (Å²) in [5, 5.41) is 27.7. The van der Waals surface area contributed by atoms with Gasteiger partial charge in [0, 0.05) is 49.1 Å². The Morgan fingerprint density at radius 3 is 1.79 bits per heavy atom. The molecule has 2 N–H and O–H groups in total. The van der Waals surface area contributed by atoms with Crippen LogP contribution in [0.1, 0.15) is 16.7 Å². The molecule has 0 saturated carbocycles. The first-order valence-corrected chi connectivity index (χ1v) is 8.70. The van der Waals surface area contributed by atoms with Gasteiger partial charge in [-0.15, -0.1) is 0 Å². The van der Waals surface area contributed by atoms with Crippen molar-refractivity contribution in [3.63, 3.8) is 0 Å². The van der Waals surface area contributed by atoms with Gasteiger partial charge in [0.1, 0.15) is 5.82 Å². The van der Waals surface area contributed by atoms with Crippen molar-refractivity contribution in [2.45, 2.75) is 20.0 Å². The zero-order valence-corrected chi connectivity index (χ0v) is 15.5. The molecule has 29 heavy (non-hydrogen) atoms. The van der Waals surface area contributed by atoms with Gasteiger partial charge in [-0.1, -0.05) is 24.3 Å². The molecule has 0 aliphatic heterocycles. The quantitative estimate of drug-likeness (QED) is 0.434. The summed E-state index contributed by atoms with van der Waals surface area (Å²) >= 11 is 0. The number of hydrogen-bond acceptors (Lipinski definition) is 8. The second-order valence-electron chi connectivity index (χ2n) is 6.28. The standard InChI is InChI=1S/C19H18N6O4/c1-13-10-21-19(22-12-15-4-8-17(9-5-15)25(28)29)23-18(13)20-11-14-2-6-16(7-3-14)24(26)27/h2-10H,11-12H2,1H3,(H2,20,21,22,23). The Morgan fingerprint density at radius 1 is 0.828 bits per heavy atom. The zero-order valence-electron chi connectivity index (χ0n) is 15.5. The molecule has 0 aliphatic carbocycles. The molecule has 0 aliphatic rings. The van der Waals surface area contributed by atoms with Crippen molar-refractivity contribution in [2.75, 3.05) is 10.6 Å². The van der Waals surface area contributed by atoms with Crippen LogP contribution in [0.4, 0.5) is 23.1 Å². The predicted molar refractivity (Wildman–Crippen MR) is 108 cm³/mol. The fourth-order valence-electron chi connectivity index (χ4n) is 2.54. The van der Waals surface area contributed by atoms with E-state index in [0.717, 1.165) is 16.7 Å². The van der Waals surface area contributed by atoms with Crippen LogP contribution in [0.15, 0.2) is 54.7 Å². The SMILES string of the molecule is Cc1cnc(NCc2ccc([N+](=O)[O-])cc2)nc1NCc1ccc([N+](=O)[O-])cc1. The van der Waals surface area contributed by atoms with Crippen molar-refractivity contribution in [1.29, 1.82) is 0 Å². The lowest BCUT2D eigenvalue weighted by molar-refractivity contribution is -0.385. The average molecular weight is 394 g/mol. The van der Waals surface area contributed by atoms with E-state index in [0.29, 0.717) is 24.9 Å². The van der Waals surface area contributed by atoms with Crippen LogP contribution < -0.4 is 10.6 Å². The van der Waals surface area contributed by atoms with E-state index >= 15 is 0 Å². The van der Waals surface area contributed by atoms with Gasteiger partial charge in [-0.25, -0.2) is 4.98 Å². The Morgan fingerprint density at radius 2 is 1.31 bits per heavy atom. The number of non-ortho nitro benzene ring substituents is 2. The van der Waals surface area contributed by atoms with Crippen LogP contribution in [0.3, 0.4) is 0 Å². The molecule has 10 nitrogen and oxygen atoms in total. The number of nitrogens with zero attached hydrogens (tertiary/aromatic N) is 4. The first kappa shape index (κ1) is 19.7. The summed E-state index contributed by atoms with van der Waals surface area (Å²) in [6, 6.07) is 12.5. The molecule has 0 fully saturated rings. The molecule has 0 unspecified atom stereocenters. The second-order valence-corrected chi connectivity index (χ2v) is 6.28. The normalized spacial score (nSPS) is 10.4. The van der Waals surface area contributed by atoms with Gasteiger partial charge in [0.25, 0.3) is 11.4 Å². The fourth-order valence-corrected chi connectivity index (χ4v) is 2.54. The number of rotatable bonds is 8. The van der Waals surface area contributed by atoms with Gasteiger partial charge in [-0.3, -0.25) is 20.2 Å². The molecule has 0 saturated heterocycles. The molecule has 3 rings (SSSR count). The maximum Gasteiger partial charge on any atom is 0.269 e. The van der Waals surface area contributed by atoms with Crippen molar-refractivity contribution in [3.8, 4) is 0 Å². The lowest BCUT2D eigenvalue weighted by Gasteiger charge is -2.11. The maximum absolute atomic E-state index is 10.7. The van der Waals surface area contributed by atoms with Crippen molar-refractivity contribution in [2.24, 2.45) is 0 Å². The van der Waals surface area contributed by atoms with Crippen molar-refractivity contribution < 1.29 is 9.85 Å². The van der Waals surface area contributed by atoms with Gasteiger partial charge in [-0.2, -0.15) is 4.98 Å². The number of nitro benzene ring substituents is 2. The minimum Gasteiger partial charge on any atom is -0.366 e. The van der Waals surface area contributed by atoms with Crippen LogP contribution in [-0.2, 0) is 13.1 Å². The van der Waals surface area contributed by atoms with Crippen LogP contribution in [-0.4, -0.2) is 19.8 Å². The fraction of sp³-hybridized carbons (Fsp3) is 0.158. The number of nitrogens with one attached hydrogen (secondary N) is 2. The Bertz CT molecular complexity index is 1020. The van der Waals surface area contributed by atoms with Gasteiger partial charge in [0.05, 0.1) is 9.85 Å². The number of anilines is 2. The molecule has 1 aromatic heterocycles. The van der Waals surface area contributed by atoms with E-state index in [1.54, 1.807) is 30.5 Å². The smallest absolute Gasteiger partial charge is 0.269 e. The first-order chi connectivity index (χ1) is 13.9. The number of aromatic nitrogens is 2. The van der Waals surface area contributed by atoms with Gasteiger partial charge in [-0.05, 0) is 18.1 Å². The molecule has 10 heteroatoms. The van der Waals surface area contributed by atoms with E-state index in [1.807, 2.05) is 6.92 Å². The van der Waals surface area contributed by atoms with Crippen LogP contribution in [0.2, 0.25) is 0 Å². The molecule has 0 radical (unpaired) electrons. The zero-order chi connectivity index (χ0) is 20.8. The highest BCUT2D eigenvalue weighted by molar-refractivity contribution is 5.47. The first-order valence-electron chi connectivity index (χ1n) is 8.70. The van der Waals surface area contributed by atoms with E-state index in [2.05, 4.69) is 20.6 Å². The minimum atomic E-state index is -0.441. The number of aryl methyl sites for hydroxylation is 1. The second kappa shape index (κ2) is 8.74. The third-order valence-electron chi connectivity index (χ3n) is 4.18. The van der Waals surface area contributed by atoms with Gasteiger partial charge in [0.2, 0.25) is 5.95 Å². The Kier molecular flexibility index (Phi) is 5.93. The monoisotopic (exact) mass is 394 g/mol. The van der Waals surface area contributed by atoms with Crippen molar-refractivity contribution in [1.82, 2.24) is 9.97 Å². The molecule has 0 bridgehead atoms. The van der Waals surface area contributed by atoms with Gasteiger partial charge in [0.15, 0.2) is 0 Å². The van der Waals surface area contributed by atoms with Gasteiger partial charge >= 0.3 is 0 Å².